The first-order chi connectivity index (χ1) is 10.7. The van der Waals surface area contributed by atoms with E-state index in [2.05, 4.69) is 13.8 Å². The number of rotatable bonds is 14. The molecule has 0 aromatic heterocycles. The Morgan fingerprint density at radius 2 is 1.30 bits per heavy atom. The van der Waals surface area contributed by atoms with Gasteiger partial charge in [-0.2, -0.15) is 8.42 Å². The lowest BCUT2D eigenvalue weighted by Crippen LogP contribution is -2.28. The van der Waals surface area contributed by atoms with Crippen molar-refractivity contribution < 1.29 is 16.8 Å². The molecule has 0 bridgehead atoms. The van der Waals surface area contributed by atoms with E-state index < -0.39 is 20.4 Å². The summed E-state index contributed by atoms with van der Waals surface area (Å²) in [4.78, 5) is 12.3. The zero-order valence-electron chi connectivity index (χ0n) is 15.6. The standard InChI is InChI=1S/C17H36O4S2/c1-6-9-12-22(13-10-7-2,15-17(18)16(4)5)21-23(19,20)14-11-8-3/h16H,6-15H2,1-5H3. The van der Waals surface area contributed by atoms with E-state index in [1.54, 1.807) is 0 Å². The highest BCUT2D eigenvalue weighted by Crippen LogP contribution is 2.52. The molecule has 0 saturated carbocycles. The molecule has 0 N–H and O–H groups in total. The fourth-order valence-electron chi connectivity index (χ4n) is 2.15. The molecule has 0 spiro atoms. The van der Waals surface area contributed by atoms with E-state index in [1.807, 2.05) is 20.8 Å². The maximum atomic E-state index is 12.4. The van der Waals surface area contributed by atoms with Gasteiger partial charge in [0.1, 0.15) is 5.78 Å². The van der Waals surface area contributed by atoms with Crippen molar-refractivity contribution >= 4 is 26.2 Å². The summed E-state index contributed by atoms with van der Waals surface area (Å²) in [5.41, 5.74) is 0. The van der Waals surface area contributed by atoms with Crippen molar-refractivity contribution in [1.82, 2.24) is 0 Å². The Morgan fingerprint density at radius 1 is 0.870 bits per heavy atom. The highest BCUT2D eigenvalue weighted by atomic mass is 32.3. The van der Waals surface area contributed by atoms with Crippen LogP contribution in [0, 0.1) is 5.92 Å². The van der Waals surface area contributed by atoms with Gasteiger partial charge in [0.25, 0.3) is 10.1 Å². The Bertz CT molecular complexity index is 422. The molecular weight excluding hydrogens is 332 g/mol. The van der Waals surface area contributed by atoms with Crippen LogP contribution < -0.4 is 0 Å². The van der Waals surface area contributed by atoms with Crippen molar-refractivity contribution in [2.75, 3.05) is 23.0 Å². The average molecular weight is 369 g/mol. The Balaban J connectivity index is 5.36. The first kappa shape index (κ1) is 22.9. The number of hydrogen-bond acceptors (Lipinski definition) is 4. The van der Waals surface area contributed by atoms with Crippen LogP contribution in [0.2, 0.25) is 0 Å². The van der Waals surface area contributed by atoms with E-state index in [1.165, 1.54) is 0 Å². The van der Waals surface area contributed by atoms with E-state index in [-0.39, 0.29) is 23.2 Å². The molecule has 0 unspecified atom stereocenters. The molecule has 0 radical (unpaired) electrons. The summed E-state index contributed by atoms with van der Waals surface area (Å²) in [6.07, 6.45) is 5.21. The lowest BCUT2D eigenvalue weighted by molar-refractivity contribution is -0.119. The lowest BCUT2D eigenvalue weighted by Gasteiger charge is -2.38. The van der Waals surface area contributed by atoms with Crippen molar-refractivity contribution in [3.8, 4) is 0 Å². The van der Waals surface area contributed by atoms with Crippen LogP contribution in [0.15, 0.2) is 0 Å². The van der Waals surface area contributed by atoms with Crippen LogP contribution in [0.5, 0.6) is 0 Å². The maximum Gasteiger partial charge on any atom is 0.276 e. The van der Waals surface area contributed by atoms with E-state index in [0.29, 0.717) is 17.9 Å². The molecule has 0 amide bonds. The fraction of sp³-hybridized carbons (Fsp3) is 0.941. The predicted molar refractivity (Wildman–Crippen MR) is 102 cm³/mol. The molecule has 0 aromatic rings. The molecule has 6 heteroatoms. The number of carbonyl (C=O) groups is 1. The van der Waals surface area contributed by atoms with Gasteiger partial charge in [-0.05, 0) is 19.3 Å². The Morgan fingerprint density at radius 3 is 1.70 bits per heavy atom. The third-order valence-corrected chi connectivity index (χ3v) is 9.43. The van der Waals surface area contributed by atoms with E-state index in [9.17, 15) is 13.2 Å². The van der Waals surface area contributed by atoms with Crippen LogP contribution in [0.3, 0.4) is 0 Å². The zero-order valence-corrected chi connectivity index (χ0v) is 17.2. The van der Waals surface area contributed by atoms with Crippen molar-refractivity contribution in [2.24, 2.45) is 5.92 Å². The van der Waals surface area contributed by atoms with Gasteiger partial charge in [0, 0.05) is 17.4 Å². The normalized spacial score (nSPS) is 13.5. The van der Waals surface area contributed by atoms with Gasteiger partial charge in [-0.1, -0.05) is 53.9 Å². The molecule has 23 heavy (non-hydrogen) atoms. The third kappa shape index (κ3) is 9.72. The topological polar surface area (TPSA) is 60.4 Å². The van der Waals surface area contributed by atoms with Crippen molar-refractivity contribution in [3.05, 3.63) is 0 Å². The maximum absolute atomic E-state index is 12.4. The molecule has 0 rings (SSSR count). The van der Waals surface area contributed by atoms with Gasteiger partial charge in [0.15, 0.2) is 0 Å². The van der Waals surface area contributed by atoms with Crippen LogP contribution in [0.4, 0.5) is 0 Å². The molecule has 0 aliphatic carbocycles. The summed E-state index contributed by atoms with van der Waals surface area (Å²) in [5.74, 6) is 1.83. The molecule has 0 atom stereocenters. The number of hydrogen-bond donors (Lipinski definition) is 0. The summed E-state index contributed by atoms with van der Waals surface area (Å²) in [7, 11) is -5.44. The van der Waals surface area contributed by atoms with E-state index in [4.69, 9.17) is 3.63 Å². The minimum absolute atomic E-state index is 0.0619. The predicted octanol–water partition coefficient (Wildman–Crippen LogP) is 4.68. The second kappa shape index (κ2) is 11.5. The van der Waals surface area contributed by atoms with Crippen LogP contribution >= 0.6 is 10.3 Å². The molecule has 0 aromatic carbocycles. The first-order valence-corrected chi connectivity index (χ1v) is 12.6. The monoisotopic (exact) mass is 368 g/mol. The van der Waals surface area contributed by atoms with Gasteiger partial charge in [0.05, 0.1) is 11.5 Å². The van der Waals surface area contributed by atoms with Gasteiger partial charge in [-0.25, -0.2) is 3.63 Å². The highest BCUT2D eigenvalue weighted by Gasteiger charge is 2.33. The minimum Gasteiger partial charge on any atom is -0.298 e. The second-order valence-electron chi connectivity index (χ2n) is 6.53. The Labute approximate surface area is 145 Å². The zero-order chi connectivity index (χ0) is 17.9. The van der Waals surface area contributed by atoms with Crippen LogP contribution in [-0.4, -0.2) is 37.2 Å². The van der Waals surface area contributed by atoms with Crippen molar-refractivity contribution in [3.63, 3.8) is 0 Å². The molecule has 140 valence electrons. The molecule has 0 aliphatic rings. The largest absolute Gasteiger partial charge is 0.298 e. The van der Waals surface area contributed by atoms with Gasteiger partial charge < -0.3 is 0 Å². The summed E-state index contributed by atoms with van der Waals surface area (Å²) >= 11 is 0. The average Bonchev–Trinajstić information content (AvgIpc) is 2.48. The Hall–Kier alpha value is -0.0700. The summed E-state index contributed by atoms with van der Waals surface area (Å²) in [5, 5.41) is 0. The van der Waals surface area contributed by atoms with Crippen LogP contribution in [0.1, 0.15) is 73.1 Å². The molecule has 0 aliphatic heterocycles. The van der Waals surface area contributed by atoms with E-state index in [0.717, 1.165) is 32.1 Å². The smallest absolute Gasteiger partial charge is 0.276 e. The first-order valence-electron chi connectivity index (χ1n) is 8.94. The molecule has 0 heterocycles. The summed E-state index contributed by atoms with van der Waals surface area (Å²) < 4.78 is 30.5. The Kier molecular flexibility index (Phi) is 11.4. The molecule has 0 saturated heterocycles. The quantitative estimate of drug-likeness (QED) is 0.447. The minimum atomic E-state index is -3.55. The summed E-state index contributed by atoms with van der Waals surface area (Å²) in [6.45, 7) is 9.88. The van der Waals surface area contributed by atoms with Gasteiger partial charge >= 0.3 is 0 Å². The number of carbonyl (C=O) groups excluding carboxylic acids is 1. The van der Waals surface area contributed by atoms with Crippen LogP contribution in [0.25, 0.3) is 0 Å². The van der Waals surface area contributed by atoms with Gasteiger partial charge in [-0.3, -0.25) is 4.79 Å². The second-order valence-corrected chi connectivity index (χ2v) is 11.6. The number of ketones is 1. The van der Waals surface area contributed by atoms with Crippen molar-refractivity contribution in [1.29, 1.82) is 0 Å². The third-order valence-electron chi connectivity index (χ3n) is 3.78. The fourth-order valence-corrected chi connectivity index (χ4v) is 8.54. The highest BCUT2D eigenvalue weighted by molar-refractivity contribution is 8.33. The van der Waals surface area contributed by atoms with Crippen LogP contribution in [-0.2, 0) is 18.5 Å². The SMILES string of the molecule is CCCCS(CCCC)(CC(=O)C(C)C)OS(=O)(=O)CCCC. The lowest BCUT2D eigenvalue weighted by atomic mass is 10.1. The molecule has 0 fully saturated rings. The van der Waals surface area contributed by atoms with Crippen molar-refractivity contribution in [2.45, 2.75) is 73.1 Å². The van der Waals surface area contributed by atoms with E-state index >= 15 is 0 Å². The van der Waals surface area contributed by atoms with Gasteiger partial charge in [-0.15, -0.1) is 10.3 Å². The molecule has 4 nitrogen and oxygen atoms in total. The number of unbranched alkanes of at least 4 members (excludes halogenated alkanes) is 3. The summed E-state index contributed by atoms with van der Waals surface area (Å²) in [6, 6.07) is 0. The van der Waals surface area contributed by atoms with Gasteiger partial charge in [0.2, 0.25) is 0 Å². The number of Topliss-reactive ketones (excluding diaryl/α,β-unsaturated/α-hetero) is 1. The molecular formula is C17H36O4S2.